The van der Waals surface area contributed by atoms with Gasteiger partial charge in [0.05, 0.1) is 11.3 Å². The van der Waals surface area contributed by atoms with Crippen LogP contribution in [-0.4, -0.2) is 25.9 Å². The van der Waals surface area contributed by atoms with Gasteiger partial charge in [0.1, 0.15) is 17.3 Å². The minimum Gasteiger partial charge on any atom is -0.378 e. The van der Waals surface area contributed by atoms with Gasteiger partial charge in [-0.25, -0.2) is 13.7 Å². The van der Waals surface area contributed by atoms with Gasteiger partial charge >= 0.3 is 0 Å². The van der Waals surface area contributed by atoms with E-state index in [1.54, 1.807) is 18.2 Å². The molecule has 0 aromatic heterocycles. The van der Waals surface area contributed by atoms with Crippen molar-refractivity contribution in [2.45, 2.75) is 13.8 Å². The number of hydrogen-bond donors (Lipinski definition) is 1. The quantitative estimate of drug-likeness (QED) is 0.557. The van der Waals surface area contributed by atoms with E-state index in [1.807, 2.05) is 57.1 Å². The number of aryl methyl sites for hydroxylation is 2. The highest BCUT2D eigenvalue weighted by Gasteiger charge is 2.41. The van der Waals surface area contributed by atoms with Gasteiger partial charge in [-0.05, 0) is 66.9 Å². The number of carbonyl (C=O) groups excluding carboxylic acids is 2. The standard InChI is InChI=1S/C26H23F2N3O2/c1-15-5-6-17(13-16(15)2)23-24(29-19-8-10-20(11-9-19)30(3)4)26(33)31(25(23)32)22-12-7-18(27)14-21(22)28/h5-14,29H,1-4H3. The van der Waals surface area contributed by atoms with Crippen LogP contribution >= 0.6 is 0 Å². The second kappa shape index (κ2) is 8.50. The Labute approximate surface area is 190 Å². The molecule has 4 rings (SSSR count). The van der Waals surface area contributed by atoms with Crippen molar-refractivity contribution in [3.8, 4) is 0 Å². The summed E-state index contributed by atoms with van der Waals surface area (Å²) in [6.45, 7) is 3.85. The molecule has 0 unspecified atom stereocenters. The first-order valence-corrected chi connectivity index (χ1v) is 10.4. The van der Waals surface area contributed by atoms with Crippen molar-refractivity contribution in [1.29, 1.82) is 0 Å². The van der Waals surface area contributed by atoms with Gasteiger partial charge in [-0.2, -0.15) is 0 Å². The Hall–Kier alpha value is -4.00. The summed E-state index contributed by atoms with van der Waals surface area (Å²) >= 11 is 0. The number of halogens is 2. The predicted octanol–water partition coefficient (Wildman–Crippen LogP) is 5.04. The van der Waals surface area contributed by atoms with Crippen molar-refractivity contribution in [3.05, 3.63) is 94.7 Å². The molecule has 7 heteroatoms. The normalized spacial score (nSPS) is 13.7. The topological polar surface area (TPSA) is 52.7 Å². The number of nitrogens with one attached hydrogen (secondary N) is 1. The maximum absolute atomic E-state index is 14.5. The molecule has 0 radical (unpaired) electrons. The van der Waals surface area contributed by atoms with Crippen molar-refractivity contribution in [2.75, 3.05) is 29.2 Å². The Morgan fingerprint density at radius 1 is 0.818 bits per heavy atom. The first-order valence-electron chi connectivity index (χ1n) is 10.4. The molecule has 5 nitrogen and oxygen atoms in total. The lowest BCUT2D eigenvalue weighted by Crippen LogP contribution is -2.33. The minimum absolute atomic E-state index is 0.0320. The van der Waals surface area contributed by atoms with Crippen molar-refractivity contribution in [2.24, 2.45) is 0 Å². The minimum atomic E-state index is -0.993. The molecule has 0 spiro atoms. The summed E-state index contributed by atoms with van der Waals surface area (Å²) in [5.41, 5.74) is 3.94. The maximum Gasteiger partial charge on any atom is 0.282 e. The molecule has 0 atom stereocenters. The molecule has 2 amide bonds. The van der Waals surface area contributed by atoms with E-state index >= 15 is 0 Å². The Kier molecular flexibility index (Phi) is 5.72. The molecule has 168 valence electrons. The zero-order valence-corrected chi connectivity index (χ0v) is 18.7. The molecule has 0 saturated heterocycles. The molecule has 1 N–H and O–H groups in total. The number of nitrogens with zero attached hydrogens (tertiary/aromatic N) is 2. The van der Waals surface area contributed by atoms with Crippen LogP contribution in [0.15, 0.2) is 66.4 Å². The van der Waals surface area contributed by atoms with E-state index in [4.69, 9.17) is 0 Å². The molecule has 3 aromatic carbocycles. The molecule has 3 aromatic rings. The molecule has 0 aliphatic carbocycles. The third-order valence-corrected chi connectivity index (χ3v) is 5.68. The molecule has 1 heterocycles. The molecule has 0 fully saturated rings. The van der Waals surface area contributed by atoms with Crippen LogP contribution in [0.4, 0.5) is 25.8 Å². The first kappa shape index (κ1) is 22.2. The Balaban J connectivity index is 1.82. The van der Waals surface area contributed by atoms with E-state index in [0.29, 0.717) is 17.3 Å². The summed E-state index contributed by atoms with van der Waals surface area (Å²) in [6.07, 6.45) is 0. The van der Waals surface area contributed by atoms with Gasteiger partial charge in [-0.3, -0.25) is 9.59 Å². The smallest absolute Gasteiger partial charge is 0.282 e. The van der Waals surface area contributed by atoms with E-state index in [1.165, 1.54) is 0 Å². The fraction of sp³-hybridized carbons (Fsp3) is 0.154. The number of anilines is 3. The third-order valence-electron chi connectivity index (χ3n) is 5.68. The summed E-state index contributed by atoms with van der Waals surface area (Å²) in [6, 6.07) is 15.5. The number of rotatable bonds is 5. The van der Waals surface area contributed by atoms with Gasteiger partial charge in [0, 0.05) is 31.5 Å². The number of imide groups is 1. The van der Waals surface area contributed by atoms with Crippen LogP contribution < -0.4 is 15.1 Å². The predicted molar refractivity (Wildman–Crippen MR) is 126 cm³/mol. The lowest BCUT2D eigenvalue weighted by atomic mass is 9.99. The molecule has 1 aliphatic rings. The summed E-state index contributed by atoms with van der Waals surface area (Å²) in [7, 11) is 3.83. The molecule has 1 aliphatic heterocycles. The average Bonchev–Trinajstić information content (AvgIpc) is 3.00. The largest absolute Gasteiger partial charge is 0.378 e. The molecular formula is C26H23F2N3O2. The SMILES string of the molecule is Cc1ccc(C2=C(Nc3ccc(N(C)C)cc3)C(=O)N(c3ccc(F)cc3F)C2=O)cc1C. The lowest BCUT2D eigenvalue weighted by molar-refractivity contribution is -0.120. The highest BCUT2D eigenvalue weighted by Crippen LogP contribution is 2.35. The molecule has 0 bridgehead atoms. The number of benzene rings is 3. The number of amides is 2. The van der Waals surface area contributed by atoms with Crippen LogP contribution in [0, 0.1) is 25.5 Å². The van der Waals surface area contributed by atoms with Crippen molar-refractivity contribution in [3.63, 3.8) is 0 Å². The third kappa shape index (κ3) is 4.09. The van der Waals surface area contributed by atoms with Gasteiger partial charge < -0.3 is 10.2 Å². The first-order chi connectivity index (χ1) is 15.7. The summed E-state index contributed by atoms with van der Waals surface area (Å²) in [5.74, 6) is -3.18. The van der Waals surface area contributed by atoms with Gasteiger partial charge in [0.15, 0.2) is 0 Å². The van der Waals surface area contributed by atoms with Gasteiger partial charge in [0.2, 0.25) is 0 Å². The second-order valence-corrected chi connectivity index (χ2v) is 8.16. The monoisotopic (exact) mass is 447 g/mol. The summed E-state index contributed by atoms with van der Waals surface area (Å²) in [4.78, 5) is 29.5. The molecule has 33 heavy (non-hydrogen) atoms. The van der Waals surface area contributed by atoms with Crippen LogP contribution in [0.25, 0.3) is 5.57 Å². The van der Waals surface area contributed by atoms with Crippen LogP contribution in [0.3, 0.4) is 0 Å². The summed E-state index contributed by atoms with van der Waals surface area (Å²) in [5, 5.41) is 3.05. The van der Waals surface area contributed by atoms with Crippen molar-refractivity contribution >= 4 is 34.4 Å². The van der Waals surface area contributed by atoms with Crippen LogP contribution in [0.2, 0.25) is 0 Å². The molecule has 0 saturated carbocycles. The fourth-order valence-electron chi connectivity index (χ4n) is 3.68. The zero-order chi connectivity index (χ0) is 23.9. The number of hydrogen-bond acceptors (Lipinski definition) is 4. The van der Waals surface area contributed by atoms with Crippen molar-refractivity contribution in [1.82, 2.24) is 0 Å². The lowest BCUT2D eigenvalue weighted by Gasteiger charge is -2.16. The Morgan fingerprint density at radius 2 is 1.52 bits per heavy atom. The Bertz CT molecular complexity index is 1300. The van der Waals surface area contributed by atoms with E-state index in [-0.39, 0.29) is 17.0 Å². The summed E-state index contributed by atoms with van der Waals surface area (Å²) < 4.78 is 28.0. The van der Waals surface area contributed by atoms with Gasteiger partial charge in [-0.15, -0.1) is 0 Å². The number of carbonyl (C=O) groups is 2. The highest BCUT2D eigenvalue weighted by atomic mass is 19.1. The van der Waals surface area contributed by atoms with Crippen LogP contribution in [-0.2, 0) is 9.59 Å². The van der Waals surface area contributed by atoms with Gasteiger partial charge in [0.25, 0.3) is 11.8 Å². The van der Waals surface area contributed by atoms with Crippen LogP contribution in [0.5, 0.6) is 0 Å². The van der Waals surface area contributed by atoms with E-state index in [2.05, 4.69) is 5.32 Å². The second-order valence-electron chi connectivity index (χ2n) is 8.16. The Morgan fingerprint density at radius 3 is 2.12 bits per heavy atom. The molecular weight excluding hydrogens is 424 g/mol. The van der Waals surface area contributed by atoms with Crippen LogP contribution in [0.1, 0.15) is 16.7 Å². The average molecular weight is 447 g/mol. The van der Waals surface area contributed by atoms with E-state index in [9.17, 15) is 18.4 Å². The maximum atomic E-state index is 14.5. The highest BCUT2D eigenvalue weighted by molar-refractivity contribution is 6.46. The fourth-order valence-corrected chi connectivity index (χ4v) is 3.68. The zero-order valence-electron chi connectivity index (χ0n) is 18.7. The van der Waals surface area contributed by atoms with E-state index < -0.39 is 23.4 Å². The van der Waals surface area contributed by atoms with E-state index in [0.717, 1.165) is 33.8 Å². The van der Waals surface area contributed by atoms with Crippen molar-refractivity contribution < 1.29 is 18.4 Å². The van der Waals surface area contributed by atoms with Gasteiger partial charge in [-0.1, -0.05) is 18.2 Å².